The molecule has 0 radical (unpaired) electrons. The summed E-state index contributed by atoms with van der Waals surface area (Å²) in [6.07, 6.45) is 0. The van der Waals surface area contributed by atoms with E-state index in [1.54, 1.807) is 6.07 Å². The molecule has 5 nitrogen and oxygen atoms in total. The molecule has 0 saturated heterocycles. The Morgan fingerprint density at radius 1 is 1.20 bits per heavy atom. The fourth-order valence-corrected chi connectivity index (χ4v) is 1.86. The van der Waals surface area contributed by atoms with E-state index in [-0.39, 0.29) is 24.3 Å². The molecule has 5 heteroatoms. The van der Waals surface area contributed by atoms with Gasteiger partial charge in [0.1, 0.15) is 0 Å². The Morgan fingerprint density at radius 3 is 2.30 bits per heavy atom. The molecule has 0 aliphatic rings. The van der Waals surface area contributed by atoms with E-state index in [0.29, 0.717) is 12.2 Å². The zero-order valence-corrected chi connectivity index (χ0v) is 12.3. The smallest absolute Gasteiger partial charge is 0.237 e. The lowest BCUT2D eigenvalue weighted by atomic mass is 9.96. The fourth-order valence-electron chi connectivity index (χ4n) is 1.86. The topological polar surface area (TPSA) is 89.4 Å². The maximum absolute atomic E-state index is 12.4. The highest BCUT2D eigenvalue weighted by atomic mass is 16.2. The maximum atomic E-state index is 12.4. The lowest BCUT2D eigenvalue weighted by molar-refractivity contribution is -0.140. The maximum Gasteiger partial charge on any atom is 0.237 e. The minimum Gasteiger partial charge on any atom is -0.398 e. The molecule has 0 aliphatic carbocycles. The number of benzene rings is 1. The van der Waals surface area contributed by atoms with Crippen LogP contribution in [0.25, 0.3) is 0 Å². The molecular formula is C15H23N3O2. The van der Waals surface area contributed by atoms with E-state index in [4.69, 9.17) is 11.5 Å². The van der Waals surface area contributed by atoms with E-state index in [1.165, 1.54) is 4.90 Å². The number of nitrogens with two attached hydrogens (primary N) is 2. The summed E-state index contributed by atoms with van der Waals surface area (Å²) in [5.74, 6) is -0.573. The van der Waals surface area contributed by atoms with Crippen molar-refractivity contribution in [1.29, 1.82) is 0 Å². The van der Waals surface area contributed by atoms with E-state index >= 15 is 0 Å². The molecule has 0 heterocycles. The normalized spacial score (nSPS) is 12.2. The Labute approximate surface area is 119 Å². The summed E-state index contributed by atoms with van der Waals surface area (Å²) in [6, 6.07) is 7.30. The Balaban J connectivity index is 2.93. The highest BCUT2D eigenvalue weighted by Crippen LogP contribution is 2.18. The highest BCUT2D eigenvalue weighted by molar-refractivity contribution is 5.85. The molecule has 0 aliphatic heterocycles. The lowest BCUT2D eigenvalue weighted by Gasteiger charge is -2.26. The van der Waals surface area contributed by atoms with E-state index < -0.39 is 5.91 Å². The van der Waals surface area contributed by atoms with Crippen molar-refractivity contribution in [3.8, 4) is 0 Å². The minimum absolute atomic E-state index is 0.0814. The van der Waals surface area contributed by atoms with Gasteiger partial charge in [0.05, 0.1) is 6.54 Å². The third kappa shape index (κ3) is 4.26. The Kier molecular flexibility index (Phi) is 5.55. The van der Waals surface area contributed by atoms with Gasteiger partial charge in [0.15, 0.2) is 0 Å². The van der Waals surface area contributed by atoms with Crippen LogP contribution in [0.2, 0.25) is 0 Å². The molecule has 4 N–H and O–H groups in total. The fraction of sp³-hybridized carbons (Fsp3) is 0.467. The summed E-state index contributed by atoms with van der Waals surface area (Å²) in [7, 11) is 0. The average Bonchev–Trinajstić information content (AvgIpc) is 2.38. The van der Waals surface area contributed by atoms with Gasteiger partial charge in [-0.1, -0.05) is 39.0 Å². The van der Waals surface area contributed by atoms with Gasteiger partial charge in [0, 0.05) is 18.2 Å². The first-order valence-corrected chi connectivity index (χ1v) is 6.73. The highest BCUT2D eigenvalue weighted by Gasteiger charge is 2.24. The van der Waals surface area contributed by atoms with Gasteiger partial charge in [0.2, 0.25) is 11.8 Å². The number of hydrogen-bond acceptors (Lipinski definition) is 3. The second-order valence-corrected chi connectivity index (χ2v) is 5.39. The van der Waals surface area contributed by atoms with E-state index in [9.17, 15) is 9.59 Å². The van der Waals surface area contributed by atoms with Gasteiger partial charge in [-0.3, -0.25) is 9.59 Å². The van der Waals surface area contributed by atoms with Gasteiger partial charge in [0.25, 0.3) is 0 Å². The van der Waals surface area contributed by atoms with Crippen LogP contribution in [0.1, 0.15) is 26.3 Å². The van der Waals surface area contributed by atoms with Gasteiger partial charge < -0.3 is 16.4 Å². The van der Waals surface area contributed by atoms with Crippen LogP contribution in [0.4, 0.5) is 5.69 Å². The van der Waals surface area contributed by atoms with Crippen LogP contribution in [0.3, 0.4) is 0 Å². The molecule has 1 aromatic rings. The minimum atomic E-state index is -0.524. The first kappa shape index (κ1) is 16.0. The SMILES string of the molecule is CC(C)C(C)C(=O)N(CC(N)=O)Cc1ccccc1N. The van der Waals surface area contributed by atoms with Gasteiger partial charge in [-0.05, 0) is 17.5 Å². The van der Waals surface area contributed by atoms with Gasteiger partial charge in [-0.2, -0.15) is 0 Å². The number of carbonyl (C=O) groups is 2. The van der Waals surface area contributed by atoms with Crippen molar-refractivity contribution >= 4 is 17.5 Å². The molecular weight excluding hydrogens is 254 g/mol. The third-order valence-electron chi connectivity index (χ3n) is 3.46. The van der Waals surface area contributed by atoms with Gasteiger partial charge in [-0.15, -0.1) is 0 Å². The molecule has 0 aromatic heterocycles. The first-order valence-electron chi connectivity index (χ1n) is 6.73. The Morgan fingerprint density at radius 2 is 1.80 bits per heavy atom. The second kappa shape index (κ2) is 6.93. The number of nitrogen functional groups attached to an aromatic ring is 1. The number of carbonyl (C=O) groups excluding carboxylic acids is 2. The summed E-state index contributed by atoms with van der Waals surface area (Å²) < 4.78 is 0. The van der Waals surface area contributed by atoms with Crippen molar-refractivity contribution in [1.82, 2.24) is 4.90 Å². The molecule has 1 atom stereocenters. The summed E-state index contributed by atoms with van der Waals surface area (Å²) in [5.41, 5.74) is 12.5. The van der Waals surface area contributed by atoms with Crippen molar-refractivity contribution in [2.45, 2.75) is 27.3 Å². The predicted molar refractivity (Wildman–Crippen MR) is 79.5 cm³/mol. The number of primary amides is 1. The quantitative estimate of drug-likeness (QED) is 0.770. The summed E-state index contributed by atoms with van der Waals surface area (Å²) in [6.45, 7) is 6.01. The standard InChI is InChI=1S/C15H23N3O2/c1-10(2)11(3)15(20)18(9-14(17)19)8-12-6-4-5-7-13(12)16/h4-7,10-11H,8-9,16H2,1-3H3,(H2,17,19). The molecule has 0 spiro atoms. The number of amides is 2. The molecule has 0 bridgehead atoms. The van der Waals surface area contributed by atoms with E-state index in [2.05, 4.69) is 0 Å². The van der Waals surface area contributed by atoms with Crippen molar-refractivity contribution < 1.29 is 9.59 Å². The number of hydrogen-bond donors (Lipinski definition) is 2. The predicted octanol–water partition coefficient (Wildman–Crippen LogP) is 1.37. The summed E-state index contributed by atoms with van der Waals surface area (Å²) >= 11 is 0. The van der Waals surface area contributed by atoms with Gasteiger partial charge in [-0.25, -0.2) is 0 Å². The molecule has 1 unspecified atom stereocenters. The molecule has 0 fully saturated rings. The van der Waals surface area contributed by atoms with Crippen LogP contribution in [0.15, 0.2) is 24.3 Å². The first-order chi connectivity index (χ1) is 9.32. The number of para-hydroxylation sites is 1. The molecule has 2 amide bonds. The van der Waals surface area contributed by atoms with E-state index in [1.807, 2.05) is 39.0 Å². The van der Waals surface area contributed by atoms with E-state index in [0.717, 1.165) is 5.56 Å². The monoisotopic (exact) mass is 277 g/mol. The average molecular weight is 277 g/mol. The lowest BCUT2D eigenvalue weighted by Crippen LogP contribution is -2.41. The number of rotatable bonds is 6. The van der Waals surface area contributed by atoms with Crippen molar-refractivity contribution in [2.24, 2.45) is 17.6 Å². The van der Waals surface area contributed by atoms with Crippen LogP contribution in [0.5, 0.6) is 0 Å². The van der Waals surface area contributed by atoms with Crippen LogP contribution >= 0.6 is 0 Å². The number of nitrogens with zero attached hydrogens (tertiary/aromatic N) is 1. The van der Waals surface area contributed by atoms with Crippen LogP contribution in [-0.2, 0) is 16.1 Å². The van der Waals surface area contributed by atoms with Crippen LogP contribution in [-0.4, -0.2) is 23.3 Å². The zero-order valence-electron chi connectivity index (χ0n) is 12.3. The molecule has 0 saturated carbocycles. The van der Waals surface area contributed by atoms with Crippen molar-refractivity contribution in [3.63, 3.8) is 0 Å². The summed E-state index contributed by atoms with van der Waals surface area (Å²) in [4.78, 5) is 25.1. The van der Waals surface area contributed by atoms with Gasteiger partial charge >= 0.3 is 0 Å². The second-order valence-electron chi connectivity index (χ2n) is 5.39. The van der Waals surface area contributed by atoms with Crippen LogP contribution < -0.4 is 11.5 Å². The van der Waals surface area contributed by atoms with Crippen molar-refractivity contribution in [2.75, 3.05) is 12.3 Å². The molecule has 1 aromatic carbocycles. The van der Waals surface area contributed by atoms with Crippen molar-refractivity contribution in [3.05, 3.63) is 29.8 Å². The Hall–Kier alpha value is -2.04. The number of anilines is 1. The Bertz CT molecular complexity index is 486. The molecule has 1 rings (SSSR count). The zero-order chi connectivity index (χ0) is 15.3. The molecule has 20 heavy (non-hydrogen) atoms. The van der Waals surface area contributed by atoms with Crippen LogP contribution in [0, 0.1) is 11.8 Å². The largest absolute Gasteiger partial charge is 0.398 e. The molecule has 110 valence electrons. The third-order valence-corrected chi connectivity index (χ3v) is 3.46. The summed E-state index contributed by atoms with van der Waals surface area (Å²) in [5, 5.41) is 0.